The van der Waals surface area contributed by atoms with Crippen LogP contribution in [0.3, 0.4) is 0 Å². The maximum atomic E-state index is 12.3. The van der Waals surface area contributed by atoms with Crippen molar-refractivity contribution in [1.82, 2.24) is 5.32 Å². The zero-order valence-electron chi connectivity index (χ0n) is 15.3. The molecule has 2 unspecified atom stereocenters. The Bertz CT molecular complexity index is 614. The van der Waals surface area contributed by atoms with Crippen molar-refractivity contribution in [2.45, 2.75) is 44.2 Å². The predicted octanol–water partition coefficient (Wildman–Crippen LogP) is 2.09. The SMILES string of the molecule is COc1cccc(C(C)(CC(=O)O)NC(=O)CCOCC2CCCO2)c1. The second kappa shape index (κ2) is 9.54. The molecule has 144 valence electrons. The number of hydrogen-bond donors (Lipinski definition) is 2. The van der Waals surface area contributed by atoms with Gasteiger partial charge in [-0.25, -0.2) is 0 Å². The van der Waals surface area contributed by atoms with Crippen LogP contribution in [-0.2, 0) is 24.6 Å². The fourth-order valence-electron chi connectivity index (χ4n) is 3.01. The second-order valence-corrected chi connectivity index (χ2v) is 6.64. The number of hydrogen-bond acceptors (Lipinski definition) is 5. The first kappa shape index (κ1) is 20.2. The molecule has 0 aromatic heterocycles. The van der Waals surface area contributed by atoms with E-state index in [1.54, 1.807) is 31.2 Å². The number of ether oxygens (including phenoxy) is 3. The number of carbonyl (C=O) groups is 2. The van der Waals surface area contributed by atoms with Crippen LogP contribution in [-0.4, -0.2) is 50.0 Å². The molecule has 1 aliphatic rings. The van der Waals surface area contributed by atoms with E-state index < -0.39 is 11.5 Å². The molecule has 2 N–H and O–H groups in total. The lowest BCUT2D eigenvalue weighted by Crippen LogP contribution is -2.45. The van der Waals surface area contributed by atoms with E-state index in [0.717, 1.165) is 19.4 Å². The molecule has 0 bridgehead atoms. The van der Waals surface area contributed by atoms with Crippen LogP contribution < -0.4 is 10.1 Å². The van der Waals surface area contributed by atoms with Gasteiger partial charge in [0.25, 0.3) is 0 Å². The largest absolute Gasteiger partial charge is 0.497 e. The second-order valence-electron chi connectivity index (χ2n) is 6.64. The van der Waals surface area contributed by atoms with Crippen LogP contribution in [0.5, 0.6) is 5.75 Å². The first-order chi connectivity index (χ1) is 12.4. The monoisotopic (exact) mass is 365 g/mol. The molecular formula is C19H27NO6. The van der Waals surface area contributed by atoms with Crippen LogP contribution in [0.2, 0.25) is 0 Å². The number of nitrogens with one attached hydrogen (secondary N) is 1. The topological polar surface area (TPSA) is 94.1 Å². The molecule has 2 atom stereocenters. The van der Waals surface area contributed by atoms with Crippen molar-refractivity contribution in [2.75, 3.05) is 26.9 Å². The van der Waals surface area contributed by atoms with E-state index in [9.17, 15) is 14.7 Å². The van der Waals surface area contributed by atoms with Crippen LogP contribution in [0.4, 0.5) is 0 Å². The van der Waals surface area contributed by atoms with Crippen molar-refractivity contribution in [1.29, 1.82) is 0 Å². The highest BCUT2D eigenvalue weighted by Gasteiger charge is 2.31. The quantitative estimate of drug-likeness (QED) is 0.617. The highest BCUT2D eigenvalue weighted by molar-refractivity contribution is 5.78. The molecule has 1 amide bonds. The number of rotatable bonds is 10. The molecule has 0 saturated carbocycles. The van der Waals surface area contributed by atoms with Gasteiger partial charge in [0.05, 0.1) is 38.4 Å². The molecule has 26 heavy (non-hydrogen) atoms. The third kappa shape index (κ3) is 6.00. The lowest BCUT2D eigenvalue weighted by Gasteiger charge is -2.30. The summed E-state index contributed by atoms with van der Waals surface area (Å²) in [6.07, 6.45) is 2.07. The average molecular weight is 365 g/mol. The Balaban J connectivity index is 1.92. The molecule has 0 aliphatic carbocycles. The average Bonchev–Trinajstić information content (AvgIpc) is 3.11. The first-order valence-corrected chi connectivity index (χ1v) is 8.79. The molecule has 1 aromatic rings. The highest BCUT2D eigenvalue weighted by atomic mass is 16.5. The minimum atomic E-state index is -1.04. The summed E-state index contributed by atoms with van der Waals surface area (Å²) in [4.78, 5) is 23.6. The van der Waals surface area contributed by atoms with Crippen molar-refractivity contribution in [2.24, 2.45) is 0 Å². The minimum Gasteiger partial charge on any atom is -0.497 e. The normalized spacial score (nSPS) is 18.9. The Kier molecular flexibility index (Phi) is 7.41. The van der Waals surface area contributed by atoms with Crippen molar-refractivity contribution in [3.8, 4) is 5.75 Å². The molecule has 7 heteroatoms. The third-order valence-electron chi connectivity index (χ3n) is 4.43. The maximum absolute atomic E-state index is 12.3. The van der Waals surface area contributed by atoms with Crippen molar-refractivity contribution >= 4 is 11.9 Å². The summed E-state index contributed by atoms with van der Waals surface area (Å²) in [5, 5.41) is 12.1. The van der Waals surface area contributed by atoms with Gasteiger partial charge >= 0.3 is 5.97 Å². The van der Waals surface area contributed by atoms with Crippen LogP contribution in [0.25, 0.3) is 0 Å². The van der Waals surface area contributed by atoms with Gasteiger partial charge < -0.3 is 24.6 Å². The highest BCUT2D eigenvalue weighted by Crippen LogP contribution is 2.28. The molecular weight excluding hydrogens is 338 g/mol. The molecule has 1 saturated heterocycles. The molecule has 1 aromatic carbocycles. The summed E-state index contributed by atoms with van der Waals surface area (Å²) in [5.74, 6) is -0.651. The summed E-state index contributed by atoms with van der Waals surface area (Å²) >= 11 is 0. The number of methoxy groups -OCH3 is 1. The zero-order valence-corrected chi connectivity index (χ0v) is 15.3. The minimum absolute atomic E-state index is 0.118. The Hall–Kier alpha value is -2.12. The first-order valence-electron chi connectivity index (χ1n) is 8.79. The number of benzene rings is 1. The van der Waals surface area contributed by atoms with Gasteiger partial charge in [0.15, 0.2) is 0 Å². The molecule has 0 spiro atoms. The van der Waals surface area contributed by atoms with Gasteiger partial charge in [0.2, 0.25) is 5.91 Å². The maximum Gasteiger partial charge on any atom is 0.306 e. The van der Waals surface area contributed by atoms with E-state index in [1.807, 2.05) is 0 Å². The van der Waals surface area contributed by atoms with Crippen LogP contribution in [0.1, 0.15) is 38.2 Å². The van der Waals surface area contributed by atoms with Crippen LogP contribution >= 0.6 is 0 Å². The summed E-state index contributed by atoms with van der Waals surface area (Å²) in [6, 6.07) is 7.05. The van der Waals surface area contributed by atoms with Gasteiger partial charge in [-0.2, -0.15) is 0 Å². The van der Waals surface area contributed by atoms with E-state index in [-0.39, 0.29) is 31.5 Å². The van der Waals surface area contributed by atoms with Gasteiger partial charge in [-0.05, 0) is 37.5 Å². The number of carboxylic acids is 1. The van der Waals surface area contributed by atoms with E-state index >= 15 is 0 Å². The molecule has 1 aliphatic heterocycles. The molecule has 2 rings (SSSR count). The summed E-state index contributed by atoms with van der Waals surface area (Å²) in [7, 11) is 1.54. The summed E-state index contributed by atoms with van der Waals surface area (Å²) in [5.41, 5.74) is -0.362. The number of carbonyl (C=O) groups excluding carboxylic acids is 1. The van der Waals surface area contributed by atoms with E-state index in [2.05, 4.69) is 5.32 Å². The number of carboxylic acid groups (broad SMARTS) is 1. The van der Waals surface area contributed by atoms with E-state index in [0.29, 0.717) is 17.9 Å². The van der Waals surface area contributed by atoms with Gasteiger partial charge in [-0.15, -0.1) is 0 Å². The lowest BCUT2D eigenvalue weighted by atomic mass is 9.88. The van der Waals surface area contributed by atoms with Crippen molar-refractivity contribution in [3.63, 3.8) is 0 Å². The van der Waals surface area contributed by atoms with Gasteiger partial charge in [-0.1, -0.05) is 12.1 Å². The molecule has 0 radical (unpaired) electrons. The van der Waals surface area contributed by atoms with E-state index in [4.69, 9.17) is 14.2 Å². The number of amides is 1. The van der Waals surface area contributed by atoms with Crippen molar-refractivity contribution in [3.05, 3.63) is 29.8 Å². The predicted molar refractivity (Wildman–Crippen MR) is 95.2 cm³/mol. The van der Waals surface area contributed by atoms with Gasteiger partial charge in [-0.3, -0.25) is 9.59 Å². The van der Waals surface area contributed by atoms with Crippen molar-refractivity contribution < 1.29 is 28.9 Å². The van der Waals surface area contributed by atoms with Crippen LogP contribution in [0, 0.1) is 0 Å². The van der Waals surface area contributed by atoms with Gasteiger partial charge in [0.1, 0.15) is 5.75 Å². The molecule has 1 heterocycles. The fraction of sp³-hybridized carbons (Fsp3) is 0.579. The van der Waals surface area contributed by atoms with Gasteiger partial charge in [0, 0.05) is 13.0 Å². The third-order valence-corrected chi connectivity index (χ3v) is 4.43. The Morgan fingerprint density at radius 1 is 1.42 bits per heavy atom. The molecule has 7 nitrogen and oxygen atoms in total. The fourth-order valence-corrected chi connectivity index (χ4v) is 3.01. The molecule has 1 fully saturated rings. The smallest absolute Gasteiger partial charge is 0.306 e. The number of aliphatic carboxylic acids is 1. The Labute approximate surface area is 153 Å². The Morgan fingerprint density at radius 2 is 2.23 bits per heavy atom. The Morgan fingerprint density at radius 3 is 2.88 bits per heavy atom. The summed E-state index contributed by atoms with van der Waals surface area (Å²) < 4.78 is 16.2. The standard InChI is InChI=1S/C19H27NO6/c1-19(12-18(22)23,14-5-3-6-15(11-14)24-2)20-17(21)8-10-25-13-16-7-4-9-26-16/h3,5-6,11,16H,4,7-10,12-13H2,1-2H3,(H,20,21)(H,22,23). The lowest BCUT2D eigenvalue weighted by molar-refractivity contribution is -0.139. The van der Waals surface area contributed by atoms with Crippen LogP contribution in [0.15, 0.2) is 24.3 Å². The zero-order chi connectivity index (χ0) is 19.0. The summed E-state index contributed by atoms with van der Waals surface area (Å²) in [6.45, 7) is 3.21. The van der Waals surface area contributed by atoms with E-state index in [1.165, 1.54) is 7.11 Å².